The zero-order valence-electron chi connectivity index (χ0n) is 9.14. The van der Waals surface area contributed by atoms with E-state index in [9.17, 15) is 8.42 Å². The molecule has 2 aromatic rings. The van der Waals surface area contributed by atoms with E-state index in [0.29, 0.717) is 5.56 Å². The Bertz CT molecular complexity index is 733. The summed E-state index contributed by atoms with van der Waals surface area (Å²) >= 11 is 0. The van der Waals surface area contributed by atoms with Crippen LogP contribution < -0.4 is 0 Å². The van der Waals surface area contributed by atoms with Crippen molar-refractivity contribution in [2.75, 3.05) is 6.26 Å². The minimum atomic E-state index is -3.47. The van der Waals surface area contributed by atoms with Crippen molar-refractivity contribution in [2.24, 2.45) is 0 Å². The lowest BCUT2D eigenvalue weighted by Crippen LogP contribution is -1.98. The van der Waals surface area contributed by atoms with E-state index in [4.69, 9.17) is 5.26 Å². The molecule has 17 heavy (non-hydrogen) atoms. The lowest BCUT2D eigenvalue weighted by Gasteiger charge is -1.94. The number of para-hydroxylation sites is 1. The van der Waals surface area contributed by atoms with Gasteiger partial charge in [0.15, 0.2) is 9.84 Å². The minimum absolute atomic E-state index is 0.234. The van der Waals surface area contributed by atoms with Crippen LogP contribution in [0.15, 0.2) is 35.4 Å². The fourth-order valence-corrected chi connectivity index (χ4v) is 2.08. The predicted molar refractivity (Wildman–Crippen MR) is 66.7 cm³/mol. The molecule has 0 bridgehead atoms. The van der Waals surface area contributed by atoms with Crippen LogP contribution in [0, 0.1) is 11.3 Å². The number of nitrogens with one attached hydrogen (secondary N) is 1. The number of rotatable bonds is 2. The highest BCUT2D eigenvalue weighted by Gasteiger charge is 2.11. The van der Waals surface area contributed by atoms with E-state index < -0.39 is 9.84 Å². The SMILES string of the molecule is CS(=O)(=O)/C(C#N)=C/c1c[nH]c2ccccc12. The van der Waals surface area contributed by atoms with Gasteiger partial charge in [-0.15, -0.1) is 0 Å². The number of fused-ring (bicyclic) bond motifs is 1. The average Bonchev–Trinajstić information content (AvgIpc) is 2.67. The van der Waals surface area contributed by atoms with Crippen LogP contribution in [0.1, 0.15) is 5.56 Å². The monoisotopic (exact) mass is 246 g/mol. The summed E-state index contributed by atoms with van der Waals surface area (Å²) in [6.45, 7) is 0. The second kappa shape index (κ2) is 4.07. The minimum Gasteiger partial charge on any atom is -0.361 e. The molecule has 0 amide bonds. The lowest BCUT2D eigenvalue weighted by molar-refractivity contribution is 0.609. The lowest BCUT2D eigenvalue weighted by atomic mass is 10.1. The number of hydrogen-bond donors (Lipinski definition) is 1. The van der Waals surface area contributed by atoms with Crippen molar-refractivity contribution < 1.29 is 8.42 Å². The largest absolute Gasteiger partial charge is 0.361 e. The van der Waals surface area contributed by atoms with Crippen molar-refractivity contribution >= 4 is 26.8 Å². The fraction of sp³-hybridized carbons (Fsp3) is 0.0833. The van der Waals surface area contributed by atoms with Crippen LogP contribution in [-0.4, -0.2) is 19.7 Å². The van der Waals surface area contributed by atoms with Gasteiger partial charge < -0.3 is 4.98 Å². The number of benzene rings is 1. The van der Waals surface area contributed by atoms with E-state index in [1.165, 1.54) is 6.08 Å². The second-order valence-corrected chi connectivity index (χ2v) is 5.67. The highest BCUT2D eigenvalue weighted by Crippen LogP contribution is 2.21. The summed E-state index contributed by atoms with van der Waals surface area (Å²) in [7, 11) is -3.47. The third kappa shape index (κ3) is 2.22. The van der Waals surface area contributed by atoms with Gasteiger partial charge in [0.25, 0.3) is 0 Å². The number of aromatic amines is 1. The Morgan fingerprint density at radius 2 is 2.12 bits per heavy atom. The van der Waals surface area contributed by atoms with Gasteiger partial charge in [0.05, 0.1) is 0 Å². The molecule has 86 valence electrons. The zero-order valence-corrected chi connectivity index (χ0v) is 9.95. The molecule has 1 N–H and O–H groups in total. The van der Waals surface area contributed by atoms with Crippen molar-refractivity contribution in [3.8, 4) is 6.07 Å². The van der Waals surface area contributed by atoms with Crippen LogP contribution in [0.3, 0.4) is 0 Å². The normalized spacial score (nSPS) is 12.6. The molecule has 0 fully saturated rings. The van der Waals surface area contributed by atoms with Gasteiger partial charge in [0.2, 0.25) is 0 Å². The highest BCUT2D eigenvalue weighted by atomic mass is 32.2. The Balaban J connectivity index is 2.64. The van der Waals surface area contributed by atoms with E-state index in [1.807, 2.05) is 24.3 Å². The first-order valence-electron chi connectivity index (χ1n) is 4.90. The van der Waals surface area contributed by atoms with Crippen LogP contribution in [0.5, 0.6) is 0 Å². The molecule has 1 aromatic heterocycles. The molecular weight excluding hydrogens is 236 g/mol. The van der Waals surface area contributed by atoms with Crippen molar-refractivity contribution in [1.29, 1.82) is 5.26 Å². The number of allylic oxidation sites excluding steroid dienone is 1. The van der Waals surface area contributed by atoms with Crippen LogP contribution >= 0.6 is 0 Å². The van der Waals surface area contributed by atoms with Gasteiger partial charge >= 0.3 is 0 Å². The van der Waals surface area contributed by atoms with Crippen LogP contribution in [0.2, 0.25) is 0 Å². The summed E-state index contributed by atoms with van der Waals surface area (Å²) in [5.74, 6) is 0. The molecule has 5 heteroatoms. The zero-order chi connectivity index (χ0) is 12.5. The third-order valence-electron chi connectivity index (χ3n) is 2.42. The van der Waals surface area contributed by atoms with Crippen molar-refractivity contribution in [1.82, 2.24) is 4.98 Å². The van der Waals surface area contributed by atoms with Gasteiger partial charge in [-0.2, -0.15) is 5.26 Å². The van der Waals surface area contributed by atoms with E-state index >= 15 is 0 Å². The molecule has 1 aromatic carbocycles. The van der Waals surface area contributed by atoms with E-state index in [-0.39, 0.29) is 4.91 Å². The van der Waals surface area contributed by atoms with Gasteiger partial charge in [-0.3, -0.25) is 0 Å². The maximum absolute atomic E-state index is 11.3. The summed E-state index contributed by atoms with van der Waals surface area (Å²) in [6.07, 6.45) is 4.10. The molecular formula is C12H10N2O2S. The maximum Gasteiger partial charge on any atom is 0.185 e. The molecule has 0 aliphatic rings. The third-order valence-corrected chi connectivity index (χ3v) is 3.43. The molecule has 4 nitrogen and oxygen atoms in total. The Labute approximate surface area is 99.1 Å². The van der Waals surface area contributed by atoms with Crippen LogP contribution in [0.25, 0.3) is 17.0 Å². The number of H-pyrrole nitrogens is 1. The first-order chi connectivity index (χ1) is 8.02. The number of nitriles is 1. The molecule has 0 atom stereocenters. The topological polar surface area (TPSA) is 73.7 Å². The summed E-state index contributed by atoms with van der Waals surface area (Å²) in [5.41, 5.74) is 1.60. The molecule has 0 aliphatic heterocycles. The smallest absolute Gasteiger partial charge is 0.185 e. The second-order valence-electron chi connectivity index (χ2n) is 3.68. The van der Waals surface area contributed by atoms with E-state index in [0.717, 1.165) is 17.2 Å². The Morgan fingerprint density at radius 1 is 1.41 bits per heavy atom. The molecule has 0 saturated carbocycles. The average molecular weight is 246 g/mol. The van der Waals surface area contributed by atoms with Crippen LogP contribution in [-0.2, 0) is 9.84 Å². The first kappa shape index (κ1) is 11.4. The fourth-order valence-electron chi connectivity index (χ4n) is 1.58. The number of nitrogens with zero attached hydrogens (tertiary/aromatic N) is 1. The summed E-state index contributed by atoms with van der Waals surface area (Å²) in [4.78, 5) is 2.79. The van der Waals surface area contributed by atoms with Crippen LogP contribution in [0.4, 0.5) is 0 Å². The molecule has 0 radical (unpaired) electrons. The first-order valence-corrected chi connectivity index (χ1v) is 6.79. The Hall–Kier alpha value is -2.06. The summed E-state index contributed by atoms with van der Waals surface area (Å²) in [6, 6.07) is 9.21. The molecule has 0 spiro atoms. The standard InChI is InChI=1S/C12H10N2O2S/c1-17(15,16)10(7-13)6-9-8-14-12-5-3-2-4-11(9)12/h2-6,8,14H,1H3/b10-6+. The molecule has 0 unspecified atom stereocenters. The van der Waals surface area contributed by atoms with Gasteiger partial charge in [-0.05, 0) is 12.1 Å². The number of hydrogen-bond acceptors (Lipinski definition) is 3. The maximum atomic E-state index is 11.3. The summed E-state index contributed by atoms with van der Waals surface area (Å²) in [5, 5.41) is 9.72. The highest BCUT2D eigenvalue weighted by molar-refractivity contribution is 7.95. The van der Waals surface area contributed by atoms with Gasteiger partial charge in [-0.1, -0.05) is 18.2 Å². The molecule has 1 heterocycles. The van der Waals surface area contributed by atoms with E-state index in [2.05, 4.69) is 4.98 Å². The van der Waals surface area contributed by atoms with Gasteiger partial charge in [0.1, 0.15) is 11.0 Å². The van der Waals surface area contributed by atoms with Gasteiger partial charge in [-0.25, -0.2) is 8.42 Å². The number of sulfone groups is 1. The molecule has 2 rings (SSSR count). The number of aromatic nitrogens is 1. The molecule has 0 aliphatic carbocycles. The predicted octanol–water partition coefficient (Wildman–Crippen LogP) is 2.08. The van der Waals surface area contributed by atoms with Crippen molar-refractivity contribution in [3.63, 3.8) is 0 Å². The molecule has 0 saturated heterocycles. The quantitative estimate of drug-likeness (QED) is 0.824. The Kier molecular flexibility index (Phi) is 2.74. The Morgan fingerprint density at radius 3 is 2.76 bits per heavy atom. The van der Waals surface area contributed by atoms with E-state index in [1.54, 1.807) is 12.3 Å². The van der Waals surface area contributed by atoms with Gasteiger partial charge in [0, 0.05) is 28.9 Å². The van der Waals surface area contributed by atoms with Crippen molar-refractivity contribution in [3.05, 3.63) is 40.9 Å². The van der Waals surface area contributed by atoms with Crippen molar-refractivity contribution in [2.45, 2.75) is 0 Å². The summed E-state index contributed by atoms with van der Waals surface area (Å²) < 4.78 is 22.6.